The van der Waals surface area contributed by atoms with Crippen molar-refractivity contribution in [2.75, 3.05) is 0 Å². The lowest BCUT2D eigenvalue weighted by atomic mass is 10.00. The van der Waals surface area contributed by atoms with Gasteiger partial charge in [0.2, 0.25) is 0 Å². The summed E-state index contributed by atoms with van der Waals surface area (Å²) in [4.78, 5) is 8.00. The number of aromatic amines is 2. The minimum atomic E-state index is 0.286. The van der Waals surface area contributed by atoms with E-state index in [1.54, 1.807) is 0 Å². The van der Waals surface area contributed by atoms with E-state index in [0.717, 1.165) is 0 Å². The van der Waals surface area contributed by atoms with Crippen LogP contribution in [0.2, 0.25) is 0 Å². The van der Waals surface area contributed by atoms with Crippen LogP contribution in [-0.4, -0.2) is 9.97 Å². The Labute approximate surface area is 117 Å². The normalized spacial score (nSPS) is 11.2. The zero-order chi connectivity index (χ0) is 11.7. The summed E-state index contributed by atoms with van der Waals surface area (Å²) >= 11 is 4.21. The molecule has 0 saturated heterocycles. The van der Waals surface area contributed by atoms with Crippen LogP contribution in [0, 0.1) is 2.88 Å². The summed E-state index contributed by atoms with van der Waals surface area (Å²) < 4.78 is 1.32. The predicted molar refractivity (Wildman–Crippen MR) is 79.6 cm³/mol. The third-order valence-corrected chi connectivity index (χ3v) is 4.70. The molecule has 86 valence electrons. The summed E-state index contributed by atoms with van der Waals surface area (Å²) in [5, 5.41) is 0. The maximum atomic E-state index is 3.32. The predicted octanol–water partition coefficient (Wildman–Crippen LogP) is 4.19. The quantitative estimate of drug-likeness (QED) is 0.661. The molecule has 0 aliphatic heterocycles. The Bertz CT molecular complexity index is 547. The second-order valence-electron chi connectivity index (χ2n) is 3.83. The molecular weight excluding hydrogens is 343 g/mol. The van der Waals surface area contributed by atoms with Crippen LogP contribution < -0.4 is 0 Å². The zero-order valence-corrected chi connectivity index (χ0v) is 12.0. The van der Waals surface area contributed by atoms with E-state index >= 15 is 0 Å². The second kappa shape index (κ2) is 4.70. The topological polar surface area (TPSA) is 31.6 Å². The van der Waals surface area contributed by atoms with E-state index in [9.17, 15) is 0 Å². The fourth-order valence-electron chi connectivity index (χ4n) is 2.01. The molecule has 3 aromatic heterocycles. The van der Waals surface area contributed by atoms with E-state index in [2.05, 4.69) is 56.8 Å². The second-order valence-corrected chi connectivity index (χ2v) is 6.84. The fourth-order valence-corrected chi connectivity index (χ4v) is 3.82. The first-order valence-electron chi connectivity index (χ1n) is 5.36. The van der Waals surface area contributed by atoms with Crippen LogP contribution in [0.25, 0.3) is 0 Å². The van der Waals surface area contributed by atoms with Gasteiger partial charge in [-0.25, -0.2) is 0 Å². The van der Waals surface area contributed by atoms with Crippen LogP contribution in [0.4, 0.5) is 0 Å². The largest absolute Gasteiger partial charge is 0.364 e. The summed E-state index contributed by atoms with van der Waals surface area (Å²) in [5.74, 6) is 0.286. The molecule has 0 amide bonds. The van der Waals surface area contributed by atoms with Crippen molar-refractivity contribution < 1.29 is 0 Å². The van der Waals surface area contributed by atoms with Crippen molar-refractivity contribution in [3.63, 3.8) is 0 Å². The molecule has 0 aliphatic carbocycles. The third kappa shape index (κ3) is 2.19. The molecule has 0 fully saturated rings. The fraction of sp³-hybridized carbons (Fsp3) is 0.0769. The smallest absolute Gasteiger partial charge is 0.0735 e. The summed E-state index contributed by atoms with van der Waals surface area (Å²) in [6.45, 7) is 0. The monoisotopic (exact) mass is 354 g/mol. The Morgan fingerprint density at radius 3 is 2.00 bits per heavy atom. The Kier molecular flexibility index (Phi) is 3.07. The first-order chi connectivity index (χ1) is 8.34. The van der Waals surface area contributed by atoms with Crippen molar-refractivity contribution in [1.29, 1.82) is 0 Å². The maximum absolute atomic E-state index is 3.32. The molecule has 0 aliphatic rings. The highest BCUT2D eigenvalue weighted by Gasteiger charge is 2.19. The third-order valence-electron chi connectivity index (χ3n) is 2.74. The molecule has 0 unspecified atom stereocenters. The number of hydrogen-bond donors (Lipinski definition) is 2. The molecule has 3 aromatic rings. The number of H-pyrrole nitrogens is 2. The van der Waals surface area contributed by atoms with Gasteiger partial charge in [-0.3, -0.25) is 0 Å². The van der Waals surface area contributed by atoms with E-state index in [4.69, 9.17) is 0 Å². The average Bonchev–Trinajstić information content (AvgIpc) is 3.02. The van der Waals surface area contributed by atoms with Gasteiger partial charge < -0.3 is 9.97 Å². The number of hydrogen-bond acceptors (Lipinski definition) is 1. The lowest BCUT2D eigenvalue weighted by Crippen LogP contribution is -2.01. The minimum Gasteiger partial charge on any atom is -0.364 e. The average molecular weight is 354 g/mol. The molecule has 2 nitrogen and oxygen atoms in total. The summed E-state index contributed by atoms with van der Waals surface area (Å²) in [6.07, 6.45) is 3.95. The number of rotatable bonds is 3. The number of aromatic nitrogens is 2. The summed E-state index contributed by atoms with van der Waals surface area (Å²) in [6, 6.07) is 12.7. The van der Waals surface area contributed by atoms with Gasteiger partial charge in [0, 0.05) is 28.7 Å². The first kappa shape index (κ1) is 11.1. The van der Waals surface area contributed by atoms with Gasteiger partial charge in [0.05, 0.1) is 8.80 Å². The van der Waals surface area contributed by atoms with Gasteiger partial charge in [-0.05, 0) is 59.0 Å². The van der Waals surface area contributed by atoms with Crippen molar-refractivity contribution in [3.8, 4) is 0 Å². The highest BCUT2D eigenvalue weighted by molar-refractivity contribution is 14.1. The van der Waals surface area contributed by atoms with E-state index < -0.39 is 0 Å². The molecule has 0 aromatic carbocycles. The maximum Gasteiger partial charge on any atom is 0.0735 e. The molecule has 2 N–H and O–H groups in total. The molecule has 0 saturated carbocycles. The Morgan fingerprint density at radius 2 is 1.59 bits per heavy atom. The van der Waals surface area contributed by atoms with Gasteiger partial charge in [-0.2, -0.15) is 0 Å². The Balaban J connectivity index is 2.09. The van der Waals surface area contributed by atoms with Crippen LogP contribution in [0.1, 0.15) is 22.2 Å². The Morgan fingerprint density at radius 1 is 0.941 bits per heavy atom. The van der Waals surface area contributed by atoms with E-state index in [1.807, 2.05) is 35.9 Å². The van der Waals surface area contributed by atoms with Gasteiger partial charge in [0.1, 0.15) is 0 Å². The van der Waals surface area contributed by atoms with Gasteiger partial charge >= 0.3 is 0 Å². The Hall–Kier alpha value is -1.01. The van der Waals surface area contributed by atoms with E-state index in [0.29, 0.717) is 0 Å². The molecule has 0 spiro atoms. The SMILES string of the molecule is Ic1ccc(C(c2ccc[nH]2)c2ccc[nH]2)s1. The van der Waals surface area contributed by atoms with Crippen LogP contribution in [-0.2, 0) is 0 Å². The van der Waals surface area contributed by atoms with Crippen LogP contribution >= 0.6 is 33.9 Å². The minimum absolute atomic E-state index is 0.286. The number of thiophene rings is 1. The van der Waals surface area contributed by atoms with Gasteiger partial charge in [0.25, 0.3) is 0 Å². The first-order valence-corrected chi connectivity index (χ1v) is 7.26. The molecule has 0 atom stereocenters. The van der Waals surface area contributed by atoms with Crippen molar-refractivity contribution in [1.82, 2.24) is 9.97 Å². The van der Waals surface area contributed by atoms with Crippen molar-refractivity contribution >= 4 is 33.9 Å². The standard InChI is InChI=1S/C13H11IN2S/c14-12-6-5-11(17-12)13(9-3-1-7-15-9)10-4-2-8-16-10/h1-8,13,15-16H. The molecule has 17 heavy (non-hydrogen) atoms. The van der Waals surface area contributed by atoms with E-state index in [-0.39, 0.29) is 5.92 Å². The highest BCUT2D eigenvalue weighted by atomic mass is 127. The van der Waals surface area contributed by atoms with Gasteiger partial charge in [-0.1, -0.05) is 0 Å². The lowest BCUT2D eigenvalue weighted by molar-refractivity contribution is 0.917. The molecule has 0 bridgehead atoms. The molecule has 0 radical (unpaired) electrons. The van der Waals surface area contributed by atoms with Crippen molar-refractivity contribution in [2.45, 2.75) is 5.92 Å². The lowest BCUT2D eigenvalue weighted by Gasteiger charge is -2.12. The molecule has 4 heteroatoms. The highest BCUT2D eigenvalue weighted by Crippen LogP contribution is 2.34. The van der Waals surface area contributed by atoms with E-state index in [1.165, 1.54) is 19.1 Å². The molecule has 3 rings (SSSR count). The van der Waals surface area contributed by atoms with Crippen LogP contribution in [0.3, 0.4) is 0 Å². The van der Waals surface area contributed by atoms with Crippen molar-refractivity contribution in [3.05, 3.63) is 67.9 Å². The van der Waals surface area contributed by atoms with Crippen LogP contribution in [0.15, 0.2) is 48.8 Å². The summed E-state index contributed by atoms with van der Waals surface area (Å²) in [7, 11) is 0. The number of nitrogens with one attached hydrogen (secondary N) is 2. The molecule has 3 heterocycles. The zero-order valence-electron chi connectivity index (χ0n) is 8.98. The molecular formula is C13H11IN2S. The number of halogens is 1. The summed E-state index contributed by atoms with van der Waals surface area (Å²) in [5.41, 5.74) is 2.46. The van der Waals surface area contributed by atoms with Crippen molar-refractivity contribution in [2.24, 2.45) is 0 Å². The van der Waals surface area contributed by atoms with Gasteiger partial charge in [-0.15, -0.1) is 11.3 Å². The van der Waals surface area contributed by atoms with Gasteiger partial charge in [0.15, 0.2) is 0 Å². The van der Waals surface area contributed by atoms with Crippen LogP contribution in [0.5, 0.6) is 0 Å².